The van der Waals surface area contributed by atoms with Crippen molar-refractivity contribution in [3.05, 3.63) is 0 Å². The topological polar surface area (TPSA) is 43.8 Å². The van der Waals surface area contributed by atoms with Crippen molar-refractivity contribution in [1.82, 2.24) is 9.80 Å². The Balaban J connectivity index is 0.00000154. The Morgan fingerprint density at radius 3 is 2.37 bits per heavy atom. The fourth-order valence-corrected chi connectivity index (χ4v) is 2.31. The number of carboxylic acid groups (broad SMARTS) is 1. The van der Waals surface area contributed by atoms with E-state index in [-0.39, 0.29) is 6.04 Å². The quantitative estimate of drug-likeness (QED) is 0.807. The van der Waals surface area contributed by atoms with Crippen LogP contribution in [0.3, 0.4) is 0 Å². The highest BCUT2D eigenvalue weighted by molar-refractivity contribution is 5.74. The monoisotopic (exact) mass is 272 g/mol. The molecular formula is C15H32N2O2. The smallest absolute Gasteiger partial charge is 0.322 e. The van der Waals surface area contributed by atoms with Crippen LogP contribution < -0.4 is 0 Å². The van der Waals surface area contributed by atoms with Gasteiger partial charge in [0.15, 0.2) is 0 Å². The van der Waals surface area contributed by atoms with E-state index >= 15 is 0 Å². The highest BCUT2D eigenvalue weighted by atomic mass is 16.4. The van der Waals surface area contributed by atoms with Gasteiger partial charge in [0.2, 0.25) is 0 Å². The van der Waals surface area contributed by atoms with Gasteiger partial charge in [-0.05, 0) is 31.8 Å². The van der Waals surface area contributed by atoms with E-state index in [1.807, 2.05) is 13.8 Å². The van der Waals surface area contributed by atoms with Crippen LogP contribution in [0.25, 0.3) is 0 Å². The highest BCUT2D eigenvalue weighted by Crippen LogP contribution is 2.12. The molecule has 0 bridgehead atoms. The normalized spacial score (nSPS) is 21.1. The number of aliphatic carboxylic acids is 1. The first-order valence-electron chi connectivity index (χ1n) is 7.73. The molecule has 1 saturated heterocycles. The van der Waals surface area contributed by atoms with Crippen LogP contribution in [0.5, 0.6) is 0 Å². The van der Waals surface area contributed by atoms with Crippen molar-refractivity contribution in [1.29, 1.82) is 0 Å². The zero-order chi connectivity index (χ0) is 14.8. The number of carboxylic acids is 1. The lowest BCUT2D eigenvalue weighted by Crippen LogP contribution is -2.56. The Kier molecular flexibility index (Phi) is 9.88. The molecule has 4 heteroatoms. The largest absolute Gasteiger partial charge is 0.480 e. The van der Waals surface area contributed by atoms with Gasteiger partial charge in [-0.2, -0.15) is 0 Å². The summed E-state index contributed by atoms with van der Waals surface area (Å²) in [5, 5.41) is 9.26. The molecule has 1 heterocycles. The Labute approximate surface area is 118 Å². The van der Waals surface area contributed by atoms with Crippen molar-refractivity contribution in [2.45, 2.75) is 53.5 Å². The summed E-state index contributed by atoms with van der Waals surface area (Å²) in [6.07, 6.45) is 2.18. The van der Waals surface area contributed by atoms with E-state index < -0.39 is 5.97 Å². The molecule has 4 nitrogen and oxygen atoms in total. The summed E-state index contributed by atoms with van der Waals surface area (Å²) in [4.78, 5) is 15.7. The van der Waals surface area contributed by atoms with Crippen molar-refractivity contribution in [3.8, 4) is 0 Å². The fraction of sp³-hybridized carbons (Fsp3) is 0.933. The van der Waals surface area contributed by atoms with Crippen LogP contribution in [0, 0.1) is 5.92 Å². The van der Waals surface area contributed by atoms with E-state index in [4.69, 9.17) is 0 Å². The van der Waals surface area contributed by atoms with Crippen LogP contribution in [0.2, 0.25) is 0 Å². The molecule has 0 aromatic carbocycles. The number of hydrogen-bond donors (Lipinski definition) is 1. The van der Waals surface area contributed by atoms with Gasteiger partial charge >= 0.3 is 5.97 Å². The van der Waals surface area contributed by atoms with Gasteiger partial charge in [-0.25, -0.2) is 0 Å². The molecule has 1 aliphatic heterocycles. The predicted octanol–water partition coefficient (Wildman–Crippen LogP) is 2.54. The molecule has 0 amide bonds. The maximum Gasteiger partial charge on any atom is 0.322 e. The third-order valence-corrected chi connectivity index (χ3v) is 3.39. The maximum absolute atomic E-state index is 11.3. The van der Waals surface area contributed by atoms with Crippen LogP contribution >= 0.6 is 0 Å². The molecule has 1 unspecified atom stereocenters. The van der Waals surface area contributed by atoms with Crippen LogP contribution in [0.15, 0.2) is 0 Å². The second kappa shape index (κ2) is 10.2. The number of hydrogen-bond acceptors (Lipinski definition) is 3. The molecule has 1 atom stereocenters. The molecule has 0 aliphatic carbocycles. The lowest BCUT2D eigenvalue weighted by atomic mass is 10.1. The number of piperazine rings is 1. The molecule has 19 heavy (non-hydrogen) atoms. The zero-order valence-electron chi connectivity index (χ0n) is 13.4. The van der Waals surface area contributed by atoms with E-state index in [1.54, 1.807) is 0 Å². The average Bonchev–Trinajstić information content (AvgIpc) is 2.40. The molecule has 0 radical (unpaired) electrons. The van der Waals surface area contributed by atoms with Crippen LogP contribution in [0.1, 0.15) is 47.5 Å². The minimum atomic E-state index is -0.673. The van der Waals surface area contributed by atoms with Crippen LogP contribution in [-0.4, -0.2) is 59.6 Å². The summed E-state index contributed by atoms with van der Waals surface area (Å²) >= 11 is 0. The molecular weight excluding hydrogens is 240 g/mol. The molecule has 1 rings (SSSR count). The second-order valence-corrected chi connectivity index (χ2v) is 5.37. The molecule has 0 aromatic heterocycles. The Bertz CT molecular complexity index is 244. The summed E-state index contributed by atoms with van der Waals surface area (Å²) in [6.45, 7) is 15.0. The van der Waals surface area contributed by atoms with Gasteiger partial charge in [0.05, 0.1) is 0 Å². The third-order valence-electron chi connectivity index (χ3n) is 3.39. The number of rotatable bonds is 6. The fourth-order valence-electron chi connectivity index (χ4n) is 2.31. The zero-order valence-corrected chi connectivity index (χ0v) is 13.4. The first-order chi connectivity index (χ1) is 9.04. The van der Waals surface area contributed by atoms with Crippen LogP contribution in [0.4, 0.5) is 0 Å². The second-order valence-electron chi connectivity index (χ2n) is 5.37. The SMILES string of the molecule is CC.CCCN1CCN(CCC(C)C)CC1C(=O)O. The van der Waals surface area contributed by atoms with Gasteiger partial charge in [0.25, 0.3) is 0 Å². The predicted molar refractivity (Wildman–Crippen MR) is 80.5 cm³/mol. The Hall–Kier alpha value is -0.610. The van der Waals surface area contributed by atoms with E-state index in [9.17, 15) is 9.90 Å². The molecule has 1 N–H and O–H groups in total. The van der Waals surface area contributed by atoms with Gasteiger partial charge < -0.3 is 5.11 Å². The summed E-state index contributed by atoms with van der Waals surface area (Å²) in [6, 6.07) is -0.309. The van der Waals surface area contributed by atoms with E-state index in [1.165, 1.54) is 0 Å². The lowest BCUT2D eigenvalue weighted by Gasteiger charge is -2.39. The minimum absolute atomic E-state index is 0.309. The maximum atomic E-state index is 11.3. The van der Waals surface area contributed by atoms with E-state index in [2.05, 4.69) is 30.6 Å². The van der Waals surface area contributed by atoms with Crippen molar-refractivity contribution in [2.24, 2.45) is 5.92 Å². The summed E-state index contributed by atoms with van der Waals surface area (Å²) in [5.74, 6) is 0.0136. The van der Waals surface area contributed by atoms with Crippen molar-refractivity contribution in [2.75, 3.05) is 32.7 Å². The summed E-state index contributed by atoms with van der Waals surface area (Å²) in [5.41, 5.74) is 0. The highest BCUT2D eigenvalue weighted by Gasteiger charge is 2.31. The minimum Gasteiger partial charge on any atom is -0.480 e. The van der Waals surface area contributed by atoms with Crippen molar-refractivity contribution in [3.63, 3.8) is 0 Å². The van der Waals surface area contributed by atoms with Gasteiger partial charge in [-0.3, -0.25) is 14.6 Å². The van der Waals surface area contributed by atoms with Gasteiger partial charge in [-0.1, -0.05) is 34.6 Å². The first-order valence-corrected chi connectivity index (χ1v) is 7.73. The lowest BCUT2D eigenvalue weighted by molar-refractivity contribution is -0.145. The summed E-state index contributed by atoms with van der Waals surface area (Å²) in [7, 11) is 0. The first kappa shape index (κ1) is 18.4. The van der Waals surface area contributed by atoms with Gasteiger partial charge in [0.1, 0.15) is 6.04 Å². The van der Waals surface area contributed by atoms with Crippen LogP contribution in [-0.2, 0) is 4.79 Å². The van der Waals surface area contributed by atoms with Crippen molar-refractivity contribution < 1.29 is 9.90 Å². The van der Waals surface area contributed by atoms with Gasteiger partial charge in [-0.15, -0.1) is 0 Å². The number of carbonyl (C=O) groups is 1. The molecule has 1 fully saturated rings. The molecule has 1 aliphatic rings. The molecule has 114 valence electrons. The number of nitrogens with zero attached hydrogens (tertiary/aromatic N) is 2. The standard InChI is InChI=1S/C13H26N2O2.C2H6/c1-4-6-15-9-8-14(7-5-11(2)3)10-12(15)13(16)17;1-2/h11-12H,4-10H2,1-3H3,(H,16,17);1-2H3. The van der Waals surface area contributed by atoms with Gasteiger partial charge in [0, 0.05) is 19.6 Å². The van der Waals surface area contributed by atoms with Crippen molar-refractivity contribution >= 4 is 5.97 Å². The Morgan fingerprint density at radius 2 is 1.89 bits per heavy atom. The average molecular weight is 272 g/mol. The van der Waals surface area contributed by atoms with E-state index in [0.717, 1.165) is 39.0 Å². The summed E-state index contributed by atoms with van der Waals surface area (Å²) < 4.78 is 0. The third kappa shape index (κ3) is 6.92. The van der Waals surface area contributed by atoms with E-state index in [0.29, 0.717) is 12.5 Å². The molecule has 0 saturated carbocycles. The molecule has 0 spiro atoms. The molecule has 0 aromatic rings. The Morgan fingerprint density at radius 1 is 1.26 bits per heavy atom.